The van der Waals surface area contributed by atoms with Crippen molar-refractivity contribution in [3.63, 3.8) is 0 Å². The molecular formula is C14H15N7O. The number of aryl methyl sites for hydroxylation is 1. The average Bonchev–Trinajstić information content (AvgIpc) is 2.93. The van der Waals surface area contributed by atoms with Gasteiger partial charge in [-0.25, -0.2) is 9.97 Å². The lowest BCUT2D eigenvalue weighted by Gasteiger charge is -2.06. The standard InChI is InChI=1S/C14H15N7O/c1-21-9-19-12-11(21)8-18-14(20-12)17-7-6-16-13(22)10-2-4-15-5-3-10/h2-5,8-9H,6-7H2,1H3,(H,16,22)(H,17,18,20). The molecule has 3 aromatic heterocycles. The summed E-state index contributed by atoms with van der Waals surface area (Å²) in [4.78, 5) is 28.4. The smallest absolute Gasteiger partial charge is 0.251 e. The third kappa shape index (κ3) is 3.00. The third-order valence-corrected chi connectivity index (χ3v) is 3.12. The summed E-state index contributed by atoms with van der Waals surface area (Å²) in [5.41, 5.74) is 2.10. The van der Waals surface area contributed by atoms with Gasteiger partial charge in [0.2, 0.25) is 5.95 Å². The molecule has 0 aromatic carbocycles. The number of anilines is 1. The van der Waals surface area contributed by atoms with Crippen molar-refractivity contribution in [2.45, 2.75) is 0 Å². The molecule has 0 aliphatic heterocycles. The maximum Gasteiger partial charge on any atom is 0.251 e. The molecule has 3 heterocycles. The molecule has 0 aliphatic rings. The Labute approximate surface area is 126 Å². The van der Waals surface area contributed by atoms with Gasteiger partial charge < -0.3 is 15.2 Å². The van der Waals surface area contributed by atoms with Crippen molar-refractivity contribution in [3.05, 3.63) is 42.6 Å². The van der Waals surface area contributed by atoms with Crippen LogP contribution in [0, 0.1) is 0 Å². The zero-order valence-corrected chi connectivity index (χ0v) is 12.0. The molecule has 112 valence electrons. The molecule has 0 saturated heterocycles. The number of imidazole rings is 1. The molecule has 0 radical (unpaired) electrons. The van der Waals surface area contributed by atoms with Crippen LogP contribution in [0.25, 0.3) is 11.2 Å². The number of aromatic nitrogens is 5. The Kier molecular flexibility index (Phi) is 3.90. The molecule has 0 spiro atoms. The molecule has 3 aromatic rings. The van der Waals surface area contributed by atoms with Crippen LogP contribution in [0.5, 0.6) is 0 Å². The zero-order chi connectivity index (χ0) is 15.4. The second-order valence-corrected chi connectivity index (χ2v) is 4.68. The van der Waals surface area contributed by atoms with Crippen molar-refractivity contribution >= 4 is 23.0 Å². The highest BCUT2D eigenvalue weighted by atomic mass is 16.1. The number of hydrogen-bond acceptors (Lipinski definition) is 6. The third-order valence-electron chi connectivity index (χ3n) is 3.12. The molecule has 8 heteroatoms. The van der Waals surface area contributed by atoms with Crippen molar-refractivity contribution in [2.24, 2.45) is 7.05 Å². The summed E-state index contributed by atoms with van der Waals surface area (Å²) in [5.74, 6) is 0.356. The number of rotatable bonds is 5. The maximum atomic E-state index is 11.8. The van der Waals surface area contributed by atoms with Gasteiger partial charge in [0.25, 0.3) is 5.91 Å². The second-order valence-electron chi connectivity index (χ2n) is 4.68. The van der Waals surface area contributed by atoms with Crippen LogP contribution in [0.2, 0.25) is 0 Å². The van der Waals surface area contributed by atoms with Crippen LogP contribution in [-0.4, -0.2) is 43.5 Å². The Hall–Kier alpha value is -3.03. The summed E-state index contributed by atoms with van der Waals surface area (Å²) in [7, 11) is 1.89. The fourth-order valence-electron chi connectivity index (χ4n) is 1.95. The van der Waals surface area contributed by atoms with Crippen molar-refractivity contribution in [2.75, 3.05) is 18.4 Å². The summed E-state index contributed by atoms with van der Waals surface area (Å²) >= 11 is 0. The van der Waals surface area contributed by atoms with Crippen LogP contribution in [0.4, 0.5) is 5.95 Å². The first-order chi connectivity index (χ1) is 10.7. The average molecular weight is 297 g/mol. The molecule has 0 saturated carbocycles. The fraction of sp³-hybridized carbons (Fsp3) is 0.214. The van der Waals surface area contributed by atoms with E-state index in [-0.39, 0.29) is 5.91 Å². The van der Waals surface area contributed by atoms with E-state index in [4.69, 9.17) is 0 Å². The fourth-order valence-corrected chi connectivity index (χ4v) is 1.95. The van der Waals surface area contributed by atoms with Crippen LogP contribution in [0.1, 0.15) is 10.4 Å². The normalized spacial score (nSPS) is 10.6. The minimum absolute atomic E-state index is 0.134. The highest BCUT2D eigenvalue weighted by Gasteiger charge is 2.05. The maximum absolute atomic E-state index is 11.8. The lowest BCUT2D eigenvalue weighted by molar-refractivity contribution is 0.0955. The monoisotopic (exact) mass is 297 g/mol. The van der Waals surface area contributed by atoms with E-state index in [1.54, 1.807) is 37.1 Å². The summed E-state index contributed by atoms with van der Waals surface area (Å²) in [6, 6.07) is 3.34. The van der Waals surface area contributed by atoms with Crippen molar-refractivity contribution in [1.82, 2.24) is 29.8 Å². The van der Waals surface area contributed by atoms with Gasteiger partial charge >= 0.3 is 0 Å². The van der Waals surface area contributed by atoms with Gasteiger partial charge in [-0.05, 0) is 12.1 Å². The Morgan fingerprint density at radius 3 is 2.86 bits per heavy atom. The number of carbonyl (C=O) groups excluding carboxylic acids is 1. The van der Waals surface area contributed by atoms with Crippen LogP contribution in [0.3, 0.4) is 0 Å². The molecule has 0 bridgehead atoms. The second kappa shape index (κ2) is 6.17. The van der Waals surface area contributed by atoms with Gasteiger partial charge in [0.05, 0.1) is 12.5 Å². The van der Waals surface area contributed by atoms with Crippen molar-refractivity contribution in [3.8, 4) is 0 Å². The van der Waals surface area contributed by atoms with E-state index in [1.807, 2.05) is 11.6 Å². The zero-order valence-electron chi connectivity index (χ0n) is 12.0. The molecule has 0 atom stereocenters. The number of hydrogen-bond donors (Lipinski definition) is 2. The number of carbonyl (C=O) groups is 1. The number of fused-ring (bicyclic) bond motifs is 1. The minimum Gasteiger partial charge on any atom is -0.352 e. The van der Waals surface area contributed by atoms with E-state index in [0.717, 1.165) is 5.52 Å². The highest BCUT2D eigenvalue weighted by molar-refractivity contribution is 5.93. The topological polar surface area (TPSA) is 97.6 Å². The van der Waals surface area contributed by atoms with Crippen LogP contribution < -0.4 is 10.6 Å². The predicted molar refractivity (Wildman–Crippen MR) is 81.4 cm³/mol. The first-order valence-electron chi connectivity index (χ1n) is 6.80. The molecule has 0 aliphatic carbocycles. The predicted octanol–water partition coefficient (Wildman–Crippen LogP) is 0.600. The first-order valence-corrected chi connectivity index (χ1v) is 6.80. The highest BCUT2D eigenvalue weighted by Crippen LogP contribution is 2.09. The van der Waals surface area contributed by atoms with Gasteiger partial charge in [-0.3, -0.25) is 9.78 Å². The van der Waals surface area contributed by atoms with E-state index < -0.39 is 0 Å². The first kappa shape index (κ1) is 13.9. The molecule has 0 unspecified atom stereocenters. The van der Waals surface area contributed by atoms with Crippen molar-refractivity contribution < 1.29 is 4.79 Å². The number of nitrogens with one attached hydrogen (secondary N) is 2. The number of pyridine rings is 1. The summed E-state index contributed by atoms with van der Waals surface area (Å²) in [6.07, 6.45) is 6.58. The van der Waals surface area contributed by atoms with Crippen molar-refractivity contribution in [1.29, 1.82) is 0 Å². The van der Waals surface area contributed by atoms with Gasteiger partial charge in [-0.2, -0.15) is 4.98 Å². The van der Waals surface area contributed by atoms with Gasteiger partial charge in [0, 0.05) is 38.1 Å². The van der Waals surface area contributed by atoms with Gasteiger partial charge in [0.1, 0.15) is 5.52 Å². The summed E-state index contributed by atoms with van der Waals surface area (Å²) in [5, 5.41) is 5.86. The molecule has 0 fully saturated rings. The van der Waals surface area contributed by atoms with Gasteiger partial charge in [-0.15, -0.1) is 0 Å². The number of amides is 1. The molecule has 3 rings (SSSR count). The lowest BCUT2D eigenvalue weighted by Crippen LogP contribution is -2.29. The van der Waals surface area contributed by atoms with E-state index in [0.29, 0.717) is 30.2 Å². The van der Waals surface area contributed by atoms with Crippen LogP contribution in [0.15, 0.2) is 37.1 Å². The van der Waals surface area contributed by atoms with Crippen LogP contribution >= 0.6 is 0 Å². The molecule has 1 amide bonds. The van der Waals surface area contributed by atoms with E-state index in [9.17, 15) is 4.79 Å². The summed E-state index contributed by atoms with van der Waals surface area (Å²) < 4.78 is 1.86. The molecule has 22 heavy (non-hydrogen) atoms. The molecule has 8 nitrogen and oxygen atoms in total. The Morgan fingerprint density at radius 2 is 2.05 bits per heavy atom. The van der Waals surface area contributed by atoms with E-state index >= 15 is 0 Å². The quantitative estimate of drug-likeness (QED) is 0.669. The van der Waals surface area contributed by atoms with E-state index in [2.05, 4.69) is 30.6 Å². The molecule has 2 N–H and O–H groups in total. The largest absolute Gasteiger partial charge is 0.352 e. The summed E-state index contributed by atoms with van der Waals surface area (Å²) in [6.45, 7) is 0.986. The van der Waals surface area contributed by atoms with E-state index in [1.165, 1.54) is 0 Å². The molecular weight excluding hydrogens is 282 g/mol. The van der Waals surface area contributed by atoms with Gasteiger partial charge in [0.15, 0.2) is 5.65 Å². The lowest BCUT2D eigenvalue weighted by atomic mass is 10.2. The Balaban J connectivity index is 1.51. The minimum atomic E-state index is -0.134. The van der Waals surface area contributed by atoms with Crippen LogP contribution in [-0.2, 0) is 7.05 Å². The SMILES string of the molecule is Cn1cnc2nc(NCCNC(=O)c3ccncc3)ncc21. The number of nitrogens with zero attached hydrogens (tertiary/aromatic N) is 5. The van der Waals surface area contributed by atoms with Gasteiger partial charge in [-0.1, -0.05) is 0 Å². The Bertz CT molecular complexity index is 784. The Morgan fingerprint density at radius 1 is 1.23 bits per heavy atom.